The fourth-order valence-corrected chi connectivity index (χ4v) is 1.27. The second-order valence-corrected chi connectivity index (χ2v) is 3.00. The number of halogens is 3. The van der Waals surface area contributed by atoms with Crippen LogP contribution in [0.2, 0.25) is 0 Å². The van der Waals surface area contributed by atoms with Gasteiger partial charge in [0.05, 0.1) is 11.1 Å². The molecule has 0 saturated carbocycles. The van der Waals surface area contributed by atoms with E-state index in [9.17, 15) is 18.0 Å². The minimum atomic E-state index is -4.73. The normalized spacial score (nSPS) is 11.9. The van der Waals surface area contributed by atoms with Crippen LogP contribution in [0.5, 0.6) is 0 Å². The Bertz CT molecular complexity index is 561. The van der Waals surface area contributed by atoms with Crippen molar-refractivity contribution in [2.75, 3.05) is 0 Å². The number of hydrogen-bond acceptors (Lipinski definition) is 3. The van der Waals surface area contributed by atoms with Crippen LogP contribution in [0.15, 0.2) is 18.6 Å². The van der Waals surface area contributed by atoms with E-state index in [2.05, 4.69) is 10.2 Å². The number of carbonyl (C=O) groups is 1. The monoisotopic (exact) mass is 231 g/mol. The molecule has 0 aliphatic rings. The molecule has 0 saturated heterocycles. The molecule has 1 N–H and O–H groups in total. The van der Waals surface area contributed by atoms with Gasteiger partial charge < -0.3 is 5.11 Å². The average Bonchev–Trinajstić information content (AvgIpc) is 2.60. The van der Waals surface area contributed by atoms with Crippen LogP contribution in [0.4, 0.5) is 13.2 Å². The lowest BCUT2D eigenvalue weighted by Crippen LogP contribution is -2.14. The lowest BCUT2D eigenvalue weighted by Gasteiger charge is -2.09. The molecule has 0 radical (unpaired) electrons. The molecular formula is C8H4F3N3O2. The highest BCUT2D eigenvalue weighted by Crippen LogP contribution is 2.32. The summed E-state index contributed by atoms with van der Waals surface area (Å²) in [4.78, 5) is 10.7. The maximum absolute atomic E-state index is 12.5. The minimum Gasteiger partial charge on any atom is -0.478 e. The molecule has 0 amide bonds. The van der Waals surface area contributed by atoms with Crippen molar-refractivity contribution >= 4 is 11.6 Å². The highest BCUT2D eigenvalue weighted by Gasteiger charge is 2.36. The quantitative estimate of drug-likeness (QED) is 0.806. The molecule has 2 rings (SSSR count). The van der Waals surface area contributed by atoms with E-state index >= 15 is 0 Å². The van der Waals surface area contributed by atoms with Crippen molar-refractivity contribution in [3.05, 3.63) is 29.7 Å². The maximum atomic E-state index is 12.5. The molecule has 5 nitrogen and oxygen atoms in total. The van der Waals surface area contributed by atoms with Gasteiger partial charge in [0.15, 0.2) is 5.65 Å². The number of aromatic nitrogens is 3. The molecule has 0 aliphatic heterocycles. The van der Waals surface area contributed by atoms with Crippen molar-refractivity contribution in [2.24, 2.45) is 0 Å². The predicted octanol–water partition coefficient (Wildman–Crippen LogP) is 1.45. The van der Waals surface area contributed by atoms with Crippen molar-refractivity contribution in [1.82, 2.24) is 14.6 Å². The van der Waals surface area contributed by atoms with Crippen molar-refractivity contribution in [3.63, 3.8) is 0 Å². The fraction of sp³-hybridized carbons (Fsp3) is 0.125. The van der Waals surface area contributed by atoms with E-state index < -0.39 is 23.3 Å². The van der Waals surface area contributed by atoms with Gasteiger partial charge in [0.2, 0.25) is 0 Å². The summed E-state index contributed by atoms with van der Waals surface area (Å²) in [6.45, 7) is 0. The minimum absolute atomic E-state index is 0.0580. The number of hydrogen-bond donors (Lipinski definition) is 1. The van der Waals surface area contributed by atoms with E-state index in [-0.39, 0.29) is 5.65 Å². The summed E-state index contributed by atoms with van der Waals surface area (Å²) >= 11 is 0. The topological polar surface area (TPSA) is 67.5 Å². The zero-order valence-corrected chi connectivity index (χ0v) is 7.56. The van der Waals surface area contributed by atoms with E-state index in [4.69, 9.17) is 5.11 Å². The molecule has 0 bridgehead atoms. The average molecular weight is 231 g/mol. The van der Waals surface area contributed by atoms with Crippen molar-refractivity contribution in [2.45, 2.75) is 6.18 Å². The Labute approximate surface area is 86.1 Å². The number of nitrogens with zero attached hydrogens (tertiary/aromatic N) is 3. The van der Waals surface area contributed by atoms with E-state index in [1.165, 1.54) is 0 Å². The largest absolute Gasteiger partial charge is 0.478 e. The van der Waals surface area contributed by atoms with E-state index in [0.29, 0.717) is 6.07 Å². The molecule has 0 aliphatic carbocycles. The number of pyridine rings is 1. The smallest absolute Gasteiger partial charge is 0.417 e. The van der Waals surface area contributed by atoms with Crippen molar-refractivity contribution in [3.8, 4) is 0 Å². The first-order valence-corrected chi connectivity index (χ1v) is 4.03. The second kappa shape index (κ2) is 3.19. The van der Waals surface area contributed by atoms with Crippen LogP contribution in [0.25, 0.3) is 5.65 Å². The zero-order chi connectivity index (χ0) is 11.9. The number of alkyl halides is 3. The number of fused-ring (bicyclic) bond motifs is 1. The Hall–Kier alpha value is -2.12. The Kier molecular flexibility index (Phi) is 2.07. The third-order valence-corrected chi connectivity index (χ3v) is 1.97. The van der Waals surface area contributed by atoms with Crippen molar-refractivity contribution in [1.29, 1.82) is 0 Å². The van der Waals surface area contributed by atoms with Crippen LogP contribution < -0.4 is 0 Å². The molecule has 0 atom stereocenters. The van der Waals surface area contributed by atoms with Crippen LogP contribution in [0.3, 0.4) is 0 Å². The van der Waals surface area contributed by atoms with Gasteiger partial charge in [-0.05, 0) is 6.07 Å². The lowest BCUT2D eigenvalue weighted by molar-refractivity contribution is -0.138. The molecule has 0 fully saturated rings. The van der Waals surface area contributed by atoms with Crippen LogP contribution >= 0.6 is 0 Å². The van der Waals surface area contributed by atoms with E-state index in [1.807, 2.05) is 0 Å². The summed E-state index contributed by atoms with van der Waals surface area (Å²) in [6, 6.07) is 0.649. The summed E-state index contributed by atoms with van der Waals surface area (Å²) in [6.07, 6.45) is -2.77. The Morgan fingerprint density at radius 3 is 2.69 bits per heavy atom. The van der Waals surface area contributed by atoms with E-state index in [0.717, 1.165) is 16.9 Å². The number of aromatic carboxylic acids is 1. The molecule has 2 aromatic rings. The SMILES string of the molecule is O=C(O)c1cn2cnnc2cc1C(F)(F)F. The summed E-state index contributed by atoms with van der Waals surface area (Å²) < 4.78 is 38.7. The first-order valence-electron chi connectivity index (χ1n) is 4.03. The van der Waals surface area contributed by atoms with Gasteiger partial charge in [-0.3, -0.25) is 4.40 Å². The highest BCUT2D eigenvalue weighted by atomic mass is 19.4. The molecule has 2 aromatic heterocycles. The molecular weight excluding hydrogens is 227 g/mol. The zero-order valence-electron chi connectivity index (χ0n) is 7.56. The van der Waals surface area contributed by atoms with Gasteiger partial charge in [0.25, 0.3) is 0 Å². The molecule has 16 heavy (non-hydrogen) atoms. The molecule has 0 aromatic carbocycles. The summed E-state index contributed by atoms with van der Waals surface area (Å²) in [5.41, 5.74) is -2.13. The van der Waals surface area contributed by atoms with Crippen LogP contribution in [0, 0.1) is 0 Å². The summed E-state index contributed by atoms with van der Waals surface area (Å²) in [5.74, 6) is -1.65. The van der Waals surface area contributed by atoms with Crippen molar-refractivity contribution < 1.29 is 23.1 Å². The lowest BCUT2D eigenvalue weighted by atomic mass is 10.1. The molecule has 8 heteroatoms. The Morgan fingerprint density at radius 2 is 2.12 bits per heavy atom. The highest BCUT2D eigenvalue weighted by molar-refractivity contribution is 5.89. The molecule has 0 unspecified atom stereocenters. The van der Waals surface area contributed by atoms with Crippen LogP contribution in [-0.2, 0) is 6.18 Å². The van der Waals surface area contributed by atoms with Gasteiger partial charge >= 0.3 is 12.1 Å². The standard InChI is InChI=1S/C8H4F3N3O2/c9-8(10,11)5-1-6-13-12-3-14(6)2-4(5)7(15)16/h1-3H,(H,15,16). The van der Waals surface area contributed by atoms with E-state index in [1.54, 1.807) is 0 Å². The van der Waals surface area contributed by atoms with Gasteiger partial charge in [-0.25, -0.2) is 4.79 Å². The number of carboxylic acid groups (broad SMARTS) is 1. The predicted molar refractivity (Wildman–Crippen MR) is 44.9 cm³/mol. The summed E-state index contributed by atoms with van der Waals surface area (Å²) in [5, 5.41) is 15.5. The number of carboxylic acids is 1. The Morgan fingerprint density at radius 1 is 1.44 bits per heavy atom. The van der Waals surface area contributed by atoms with Crippen LogP contribution in [-0.4, -0.2) is 25.7 Å². The number of rotatable bonds is 1. The first kappa shape index (κ1) is 10.4. The summed E-state index contributed by atoms with van der Waals surface area (Å²) in [7, 11) is 0. The van der Waals surface area contributed by atoms with Crippen LogP contribution in [0.1, 0.15) is 15.9 Å². The molecule has 2 heterocycles. The van der Waals surface area contributed by atoms with Gasteiger partial charge in [0, 0.05) is 6.20 Å². The third kappa shape index (κ3) is 1.58. The van der Waals surface area contributed by atoms with Gasteiger partial charge in [-0.2, -0.15) is 13.2 Å². The molecule has 0 spiro atoms. The third-order valence-electron chi connectivity index (χ3n) is 1.97. The Balaban J connectivity index is 2.77. The van der Waals surface area contributed by atoms with Gasteiger partial charge in [-0.1, -0.05) is 0 Å². The van der Waals surface area contributed by atoms with Gasteiger partial charge in [0.1, 0.15) is 6.33 Å². The second-order valence-electron chi connectivity index (χ2n) is 3.00. The molecule has 84 valence electrons. The fourth-order valence-electron chi connectivity index (χ4n) is 1.27. The first-order chi connectivity index (χ1) is 7.39. The maximum Gasteiger partial charge on any atom is 0.417 e. The van der Waals surface area contributed by atoms with Gasteiger partial charge in [-0.15, -0.1) is 10.2 Å².